The average molecular weight is 447 g/mol. The lowest BCUT2D eigenvalue weighted by Crippen LogP contribution is -2.33. The van der Waals surface area contributed by atoms with Crippen molar-refractivity contribution < 1.29 is 18.0 Å². The molecule has 174 valence electrons. The topological polar surface area (TPSA) is 32.3 Å². The largest absolute Gasteiger partial charge is 0.416 e. The third-order valence-electron chi connectivity index (χ3n) is 6.04. The van der Waals surface area contributed by atoms with E-state index < -0.39 is 11.7 Å². The Bertz CT molecular complexity index is 945. The van der Waals surface area contributed by atoms with Crippen LogP contribution in [0.15, 0.2) is 36.4 Å². The molecule has 1 aliphatic rings. The Balaban J connectivity index is 1.71. The fraction of sp³-hybridized carbons (Fsp3) is 0.500. The lowest BCUT2D eigenvalue weighted by atomic mass is 9.86. The van der Waals surface area contributed by atoms with E-state index >= 15 is 0 Å². The summed E-state index contributed by atoms with van der Waals surface area (Å²) in [6.45, 7) is 11.5. The van der Waals surface area contributed by atoms with Gasteiger partial charge in [-0.25, -0.2) is 0 Å². The van der Waals surface area contributed by atoms with Crippen molar-refractivity contribution in [1.29, 1.82) is 0 Å². The molecule has 0 unspecified atom stereocenters. The van der Waals surface area contributed by atoms with Crippen molar-refractivity contribution in [3.05, 3.63) is 58.7 Å². The van der Waals surface area contributed by atoms with Gasteiger partial charge in [-0.15, -0.1) is 0 Å². The molecule has 0 saturated carbocycles. The first kappa shape index (κ1) is 24.1. The number of rotatable bonds is 4. The summed E-state index contributed by atoms with van der Waals surface area (Å²) >= 11 is 0. The van der Waals surface area contributed by atoms with Crippen LogP contribution in [-0.4, -0.2) is 19.0 Å². The first-order chi connectivity index (χ1) is 14.8. The number of carbonyl (C=O) groups excluding carboxylic acids is 1. The second-order valence-electron chi connectivity index (χ2n) is 10.1. The van der Waals surface area contributed by atoms with Gasteiger partial charge in [-0.3, -0.25) is 4.79 Å². The Hall–Kier alpha value is -2.50. The van der Waals surface area contributed by atoms with Crippen molar-refractivity contribution in [3.8, 4) is 0 Å². The summed E-state index contributed by atoms with van der Waals surface area (Å²) in [5, 5.41) is 3.05. The second-order valence-corrected chi connectivity index (χ2v) is 10.1. The van der Waals surface area contributed by atoms with Crippen LogP contribution in [0.2, 0.25) is 0 Å². The number of anilines is 2. The van der Waals surface area contributed by atoms with E-state index in [0.717, 1.165) is 22.5 Å². The van der Waals surface area contributed by atoms with Crippen molar-refractivity contribution in [2.75, 3.05) is 23.3 Å². The van der Waals surface area contributed by atoms with E-state index in [1.807, 2.05) is 34.6 Å². The van der Waals surface area contributed by atoms with Crippen LogP contribution < -0.4 is 10.2 Å². The highest BCUT2D eigenvalue weighted by molar-refractivity contribution is 5.93. The van der Waals surface area contributed by atoms with Crippen molar-refractivity contribution >= 4 is 17.3 Å². The Morgan fingerprint density at radius 1 is 1.03 bits per heavy atom. The summed E-state index contributed by atoms with van der Waals surface area (Å²) in [5.41, 5.74) is 3.69. The molecule has 2 aromatic carbocycles. The molecular weight excluding hydrogens is 413 g/mol. The van der Waals surface area contributed by atoms with E-state index in [1.165, 1.54) is 12.1 Å². The number of piperidine rings is 1. The van der Waals surface area contributed by atoms with Crippen molar-refractivity contribution in [1.82, 2.24) is 0 Å². The van der Waals surface area contributed by atoms with Gasteiger partial charge < -0.3 is 10.2 Å². The molecule has 1 amide bonds. The molecule has 0 aromatic heterocycles. The normalized spacial score (nSPS) is 15.7. The van der Waals surface area contributed by atoms with Crippen LogP contribution in [0.3, 0.4) is 0 Å². The van der Waals surface area contributed by atoms with Crippen LogP contribution in [0.1, 0.15) is 68.2 Å². The number of nitrogens with zero attached hydrogens (tertiary/aromatic N) is 1. The number of carbonyl (C=O) groups is 1. The van der Waals surface area contributed by atoms with Gasteiger partial charge in [0.2, 0.25) is 5.91 Å². The number of hydrogen-bond donors (Lipinski definition) is 1. The zero-order valence-electron chi connectivity index (χ0n) is 19.6. The van der Waals surface area contributed by atoms with Crippen molar-refractivity contribution in [2.45, 2.75) is 66.0 Å². The van der Waals surface area contributed by atoms with E-state index in [-0.39, 0.29) is 17.2 Å². The van der Waals surface area contributed by atoms with Crippen LogP contribution in [0.25, 0.3) is 0 Å². The maximum Gasteiger partial charge on any atom is 0.416 e. The minimum Gasteiger partial charge on any atom is -0.371 e. The number of nitrogens with one attached hydrogen (secondary N) is 1. The van der Waals surface area contributed by atoms with E-state index in [1.54, 1.807) is 12.1 Å². The van der Waals surface area contributed by atoms with E-state index in [9.17, 15) is 18.0 Å². The van der Waals surface area contributed by atoms with Crippen LogP contribution in [0.4, 0.5) is 24.5 Å². The summed E-state index contributed by atoms with van der Waals surface area (Å²) in [6.07, 6.45) is -2.53. The predicted molar refractivity (Wildman–Crippen MR) is 124 cm³/mol. The first-order valence-corrected chi connectivity index (χ1v) is 11.2. The number of amides is 1. The molecule has 1 saturated heterocycles. The number of benzene rings is 2. The summed E-state index contributed by atoms with van der Waals surface area (Å²) in [7, 11) is 0. The van der Waals surface area contributed by atoms with Gasteiger partial charge in [0.25, 0.3) is 0 Å². The van der Waals surface area contributed by atoms with Gasteiger partial charge in [0.15, 0.2) is 0 Å². The van der Waals surface area contributed by atoms with Gasteiger partial charge in [0, 0.05) is 30.9 Å². The number of hydrogen-bond acceptors (Lipinski definition) is 2. The standard InChI is InChI=1S/C26H33F3N2O/c1-17-14-20(15-18(2)24(17)30-23(32)16-25(3,4)5)31-12-10-19(11-13-31)21-8-6-7-9-22(21)26(27,28)29/h6-9,14-15,19H,10-13,16H2,1-5H3,(H,30,32). The average Bonchev–Trinajstić information content (AvgIpc) is 2.69. The van der Waals surface area contributed by atoms with Gasteiger partial charge in [-0.1, -0.05) is 39.0 Å². The van der Waals surface area contributed by atoms with E-state index in [2.05, 4.69) is 22.3 Å². The quantitative estimate of drug-likeness (QED) is 0.544. The molecular formula is C26H33F3N2O. The van der Waals surface area contributed by atoms with E-state index in [0.29, 0.717) is 37.9 Å². The molecule has 0 radical (unpaired) electrons. The van der Waals surface area contributed by atoms with Crippen molar-refractivity contribution in [3.63, 3.8) is 0 Å². The minimum atomic E-state index is -4.32. The van der Waals surface area contributed by atoms with Gasteiger partial charge >= 0.3 is 6.18 Å². The molecule has 6 heteroatoms. The maximum absolute atomic E-state index is 13.4. The monoisotopic (exact) mass is 446 g/mol. The fourth-order valence-corrected chi connectivity index (χ4v) is 4.55. The van der Waals surface area contributed by atoms with Gasteiger partial charge in [0.05, 0.1) is 5.56 Å². The molecule has 1 heterocycles. The Kier molecular flexibility index (Phi) is 6.91. The molecule has 0 aliphatic carbocycles. The molecule has 32 heavy (non-hydrogen) atoms. The zero-order valence-corrected chi connectivity index (χ0v) is 19.6. The van der Waals surface area contributed by atoms with Gasteiger partial charge in [0.1, 0.15) is 0 Å². The lowest BCUT2D eigenvalue weighted by Gasteiger charge is -2.35. The number of aryl methyl sites for hydroxylation is 2. The summed E-state index contributed by atoms with van der Waals surface area (Å²) < 4.78 is 40.2. The molecule has 3 rings (SSSR count). The molecule has 1 fully saturated rings. The highest BCUT2D eigenvalue weighted by Crippen LogP contribution is 2.39. The smallest absolute Gasteiger partial charge is 0.371 e. The first-order valence-electron chi connectivity index (χ1n) is 11.2. The van der Waals surface area contributed by atoms with Crippen molar-refractivity contribution in [2.24, 2.45) is 5.41 Å². The van der Waals surface area contributed by atoms with Crippen LogP contribution in [0, 0.1) is 19.3 Å². The predicted octanol–water partition coefficient (Wildman–Crippen LogP) is 7.08. The molecule has 1 N–H and O–H groups in total. The number of halogens is 3. The summed E-state index contributed by atoms with van der Waals surface area (Å²) in [5.74, 6) is -0.0946. The maximum atomic E-state index is 13.4. The Morgan fingerprint density at radius 2 is 1.59 bits per heavy atom. The van der Waals surface area contributed by atoms with Crippen LogP contribution in [0.5, 0.6) is 0 Å². The highest BCUT2D eigenvalue weighted by Gasteiger charge is 2.35. The Morgan fingerprint density at radius 3 is 2.12 bits per heavy atom. The van der Waals surface area contributed by atoms with Crippen LogP contribution in [-0.2, 0) is 11.0 Å². The molecule has 1 aliphatic heterocycles. The molecule has 0 spiro atoms. The molecule has 3 nitrogen and oxygen atoms in total. The number of alkyl halides is 3. The van der Waals surface area contributed by atoms with Crippen LogP contribution >= 0.6 is 0 Å². The summed E-state index contributed by atoms with van der Waals surface area (Å²) in [6, 6.07) is 10.1. The Labute approximate surface area is 189 Å². The van der Waals surface area contributed by atoms with Gasteiger partial charge in [-0.05, 0) is 72.9 Å². The second kappa shape index (κ2) is 9.16. The molecule has 2 aromatic rings. The third kappa shape index (κ3) is 5.84. The lowest BCUT2D eigenvalue weighted by molar-refractivity contribution is -0.138. The third-order valence-corrected chi connectivity index (χ3v) is 6.04. The SMILES string of the molecule is Cc1cc(N2CCC(c3ccccc3C(F)(F)F)CC2)cc(C)c1NC(=O)CC(C)(C)C. The van der Waals surface area contributed by atoms with E-state index in [4.69, 9.17) is 0 Å². The minimum absolute atomic E-state index is 0.000550. The summed E-state index contributed by atoms with van der Waals surface area (Å²) in [4.78, 5) is 14.6. The molecule has 0 atom stereocenters. The molecule has 0 bridgehead atoms. The fourth-order valence-electron chi connectivity index (χ4n) is 4.55. The van der Waals surface area contributed by atoms with Gasteiger partial charge in [-0.2, -0.15) is 13.2 Å². The highest BCUT2D eigenvalue weighted by atomic mass is 19.4. The zero-order chi connectivity index (χ0) is 23.7.